The largest absolute Gasteiger partial charge is 0.313 e. The van der Waals surface area contributed by atoms with Crippen molar-refractivity contribution in [3.05, 3.63) is 0 Å². The Bertz CT molecular complexity index is 237. The van der Waals surface area contributed by atoms with E-state index in [4.69, 9.17) is 0 Å². The molecular formula is C11H25NO2S. The Morgan fingerprint density at radius 2 is 1.80 bits per heavy atom. The average molecular weight is 235 g/mol. The zero-order valence-corrected chi connectivity index (χ0v) is 11.1. The van der Waals surface area contributed by atoms with Crippen LogP contribution in [0.15, 0.2) is 0 Å². The molecule has 0 bridgehead atoms. The molecule has 0 spiro atoms. The summed E-state index contributed by atoms with van der Waals surface area (Å²) in [6, 6.07) is 0.141. The number of hydrogen-bond acceptors (Lipinski definition) is 3. The van der Waals surface area contributed by atoms with E-state index in [1.165, 1.54) is 25.5 Å². The molecule has 0 fully saturated rings. The van der Waals surface area contributed by atoms with E-state index in [-0.39, 0.29) is 11.8 Å². The maximum Gasteiger partial charge on any atom is 0.148 e. The molecule has 0 aromatic carbocycles. The van der Waals surface area contributed by atoms with Gasteiger partial charge in [0.2, 0.25) is 0 Å². The Balaban J connectivity index is 3.83. The minimum absolute atomic E-state index is 0.141. The highest BCUT2D eigenvalue weighted by Crippen LogP contribution is 2.07. The lowest BCUT2D eigenvalue weighted by molar-refractivity contribution is 0.490. The highest BCUT2D eigenvalue weighted by atomic mass is 32.2. The molecule has 0 radical (unpaired) electrons. The molecule has 1 unspecified atom stereocenters. The third kappa shape index (κ3) is 10.2. The Hall–Kier alpha value is -0.0900. The molecule has 0 heterocycles. The predicted molar refractivity (Wildman–Crippen MR) is 65.9 cm³/mol. The summed E-state index contributed by atoms with van der Waals surface area (Å²) in [5.74, 6) is 0.271. The van der Waals surface area contributed by atoms with Crippen LogP contribution in [-0.4, -0.2) is 33.0 Å². The zero-order valence-electron chi connectivity index (χ0n) is 10.3. The molecule has 15 heavy (non-hydrogen) atoms. The van der Waals surface area contributed by atoms with Crippen LogP contribution in [0.5, 0.6) is 0 Å². The van der Waals surface area contributed by atoms with Crippen LogP contribution in [0.4, 0.5) is 0 Å². The van der Waals surface area contributed by atoms with E-state index in [1.54, 1.807) is 0 Å². The smallest absolute Gasteiger partial charge is 0.148 e. The first-order valence-electron chi connectivity index (χ1n) is 5.90. The molecule has 0 aliphatic heterocycles. The maximum atomic E-state index is 11.2. The average Bonchev–Trinajstić information content (AvgIpc) is 2.10. The normalized spacial score (nSPS) is 14.1. The first-order valence-corrected chi connectivity index (χ1v) is 7.96. The second kappa shape index (κ2) is 8.11. The molecular weight excluding hydrogens is 210 g/mol. The molecule has 0 amide bonds. The Kier molecular flexibility index (Phi) is 8.06. The van der Waals surface area contributed by atoms with Crippen molar-refractivity contribution in [2.75, 3.05) is 18.6 Å². The molecule has 0 aliphatic carbocycles. The predicted octanol–water partition coefficient (Wildman–Crippen LogP) is 1.98. The number of hydrogen-bond donors (Lipinski definition) is 1. The second-order valence-corrected chi connectivity index (χ2v) is 6.38. The summed E-state index contributed by atoms with van der Waals surface area (Å²) in [5.41, 5.74) is 0. The van der Waals surface area contributed by atoms with Crippen molar-refractivity contribution in [2.45, 2.75) is 52.0 Å². The van der Waals surface area contributed by atoms with Crippen molar-refractivity contribution in [2.24, 2.45) is 0 Å². The topological polar surface area (TPSA) is 46.2 Å². The van der Waals surface area contributed by atoms with Crippen LogP contribution in [0.3, 0.4) is 0 Å². The van der Waals surface area contributed by atoms with Crippen molar-refractivity contribution in [3.63, 3.8) is 0 Å². The van der Waals surface area contributed by atoms with Gasteiger partial charge in [-0.3, -0.25) is 0 Å². The van der Waals surface area contributed by atoms with Gasteiger partial charge in [0.1, 0.15) is 9.84 Å². The summed E-state index contributed by atoms with van der Waals surface area (Å²) in [6.45, 7) is 5.04. The fourth-order valence-electron chi connectivity index (χ4n) is 1.72. The summed E-state index contributed by atoms with van der Waals surface area (Å²) >= 11 is 0. The summed E-state index contributed by atoms with van der Waals surface area (Å²) < 4.78 is 22.3. The maximum absolute atomic E-state index is 11.2. The van der Waals surface area contributed by atoms with Crippen molar-refractivity contribution >= 4 is 9.84 Å². The van der Waals surface area contributed by atoms with Gasteiger partial charge >= 0.3 is 0 Å². The fraction of sp³-hybridized carbons (Fsp3) is 1.00. The van der Waals surface area contributed by atoms with Crippen molar-refractivity contribution in [3.8, 4) is 0 Å². The molecule has 92 valence electrons. The van der Waals surface area contributed by atoms with Crippen LogP contribution in [0.2, 0.25) is 0 Å². The Morgan fingerprint density at radius 1 is 1.13 bits per heavy atom. The standard InChI is InChI=1S/C11H25NO2S/c1-4-6-7-8-9-11(12-5-2)10-15(3,13)14/h11-12H,4-10H2,1-3H3. The summed E-state index contributed by atoms with van der Waals surface area (Å²) in [7, 11) is -2.85. The fourth-order valence-corrected chi connectivity index (χ4v) is 2.73. The molecule has 0 aromatic rings. The Morgan fingerprint density at radius 3 is 2.27 bits per heavy atom. The van der Waals surface area contributed by atoms with Gasteiger partial charge in [-0.1, -0.05) is 39.5 Å². The van der Waals surface area contributed by atoms with Gasteiger partial charge in [-0.05, 0) is 13.0 Å². The van der Waals surface area contributed by atoms with Gasteiger partial charge < -0.3 is 5.32 Å². The highest BCUT2D eigenvalue weighted by Gasteiger charge is 2.13. The van der Waals surface area contributed by atoms with Gasteiger partial charge in [-0.2, -0.15) is 0 Å². The first kappa shape index (κ1) is 14.9. The van der Waals surface area contributed by atoms with Crippen molar-refractivity contribution in [1.82, 2.24) is 5.32 Å². The van der Waals surface area contributed by atoms with E-state index in [0.29, 0.717) is 0 Å². The van der Waals surface area contributed by atoms with E-state index in [1.807, 2.05) is 6.92 Å². The number of nitrogens with one attached hydrogen (secondary N) is 1. The van der Waals surface area contributed by atoms with Crippen molar-refractivity contribution in [1.29, 1.82) is 0 Å². The molecule has 3 nitrogen and oxygen atoms in total. The van der Waals surface area contributed by atoms with Gasteiger partial charge in [-0.25, -0.2) is 8.42 Å². The number of sulfone groups is 1. The minimum atomic E-state index is -2.85. The molecule has 0 saturated carbocycles. The van der Waals surface area contributed by atoms with E-state index < -0.39 is 9.84 Å². The second-order valence-electron chi connectivity index (χ2n) is 4.20. The Labute approximate surface area is 94.6 Å². The summed E-state index contributed by atoms with van der Waals surface area (Å²) in [5, 5.41) is 3.24. The van der Waals surface area contributed by atoms with Crippen LogP contribution in [0.1, 0.15) is 46.0 Å². The lowest BCUT2D eigenvalue weighted by atomic mass is 10.1. The molecule has 1 atom stereocenters. The summed E-state index contributed by atoms with van der Waals surface area (Å²) in [6.07, 6.45) is 7.09. The van der Waals surface area contributed by atoms with Gasteiger partial charge in [-0.15, -0.1) is 0 Å². The van der Waals surface area contributed by atoms with E-state index in [9.17, 15) is 8.42 Å². The third-order valence-electron chi connectivity index (χ3n) is 2.40. The van der Waals surface area contributed by atoms with E-state index in [0.717, 1.165) is 19.4 Å². The van der Waals surface area contributed by atoms with E-state index in [2.05, 4.69) is 12.2 Å². The lowest BCUT2D eigenvalue weighted by Gasteiger charge is -2.16. The first-order chi connectivity index (χ1) is 6.99. The van der Waals surface area contributed by atoms with Crippen LogP contribution < -0.4 is 5.32 Å². The molecule has 0 aliphatic rings. The van der Waals surface area contributed by atoms with Crippen LogP contribution in [0, 0.1) is 0 Å². The van der Waals surface area contributed by atoms with E-state index >= 15 is 0 Å². The van der Waals surface area contributed by atoms with Crippen LogP contribution >= 0.6 is 0 Å². The molecule has 0 aromatic heterocycles. The number of rotatable bonds is 9. The minimum Gasteiger partial charge on any atom is -0.313 e. The van der Waals surface area contributed by atoms with Crippen molar-refractivity contribution < 1.29 is 8.42 Å². The molecule has 4 heteroatoms. The van der Waals surface area contributed by atoms with Crippen LogP contribution in [0.25, 0.3) is 0 Å². The summed E-state index contributed by atoms with van der Waals surface area (Å²) in [4.78, 5) is 0. The van der Waals surface area contributed by atoms with Gasteiger partial charge in [0, 0.05) is 12.3 Å². The molecule has 0 rings (SSSR count). The SMILES string of the molecule is CCCCCCC(CS(C)(=O)=O)NCC. The van der Waals surface area contributed by atoms with Gasteiger partial charge in [0.25, 0.3) is 0 Å². The van der Waals surface area contributed by atoms with Gasteiger partial charge in [0.15, 0.2) is 0 Å². The third-order valence-corrected chi connectivity index (χ3v) is 3.41. The zero-order chi connectivity index (χ0) is 11.7. The molecule has 1 N–H and O–H groups in total. The van der Waals surface area contributed by atoms with Crippen LogP contribution in [-0.2, 0) is 9.84 Å². The number of unbranched alkanes of at least 4 members (excludes halogenated alkanes) is 3. The lowest BCUT2D eigenvalue weighted by Crippen LogP contribution is -2.35. The highest BCUT2D eigenvalue weighted by molar-refractivity contribution is 7.90. The monoisotopic (exact) mass is 235 g/mol. The molecule has 0 saturated heterocycles. The van der Waals surface area contributed by atoms with Gasteiger partial charge in [0.05, 0.1) is 5.75 Å². The quantitative estimate of drug-likeness (QED) is 0.622.